The Balaban J connectivity index is 2.22. The molecule has 0 saturated carbocycles. The summed E-state index contributed by atoms with van der Waals surface area (Å²) >= 11 is 17.7. The van der Waals surface area contributed by atoms with E-state index in [0.717, 1.165) is 0 Å². The molecule has 0 unspecified atom stereocenters. The van der Waals surface area contributed by atoms with Gasteiger partial charge in [-0.2, -0.15) is 0 Å². The molecule has 100 valence electrons. The first kappa shape index (κ1) is 14.3. The molecule has 0 aromatic heterocycles. The van der Waals surface area contributed by atoms with Crippen molar-refractivity contribution in [3.63, 3.8) is 0 Å². The second kappa shape index (κ2) is 5.87. The molecule has 0 aliphatic heterocycles. The first-order valence-electron chi connectivity index (χ1n) is 5.29. The maximum Gasteiger partial charge on any atom is 0.157 e. The minimum absolute atomic E-state index is 0.0298. The van der Waals surface area contributed by atoms with Gasteiger partial charge in [-0.15, -0.1) is 0 Å². The fourth-order valence-electron chi connectivity index (χ4n) is 1.53. The summed E-state index contributed by atoms with van der Waals surface area (Å²) in [5, 5.41) is 0.932. The standard InChI is InChI=1S/C13H9Cl3FNO/c14-8-4-9(15)13(10(16)5-8)19-6-7-2-1-3-11(18)12(7)17/h1-5H,6,18H2. The van der Waals surface area contributed by atoms with Gasteiger partial charge in [0.25, 0.3) is 0 Å². The Hall–Kier alpha value is -1.16. The number of ether oxygens (including phenoxy) is 1. The number of hydrogen-bond acceptors (Lipinski definition) is 2. The molecule has 0 fully saturated rings. The Morgan fingerprint density at radius 3 is 2.37 bits per heavy atom. The topological polar surface area (TPSA) is 35.2 Å². The van der Waals surface area contributed by atoms with E-state index >= 15 is 0 Å². The molecule has 0 aliphatic rings. The van der Waals surface area contributed by atoms with E-state index < -0.39 is 5.82 Å². The number of benzene rings is 2. The summed E-state index contributed by atoms with van der Waals surface area (Å²) in [5.41, 5.74) is 5.85. The molecule has 0 aliphatic carbocycles. The van der Waals surface area contributed by atoms with Crippen LogP contribution in [-0.4, -0.2) is 0 Å². The van der Waals surface area contributed by atoms with Gasteiger partial charge >= 0.3 is 0 Å². The summed E-state index contributed by atoms with van der Waals surface area (Å²) in [5.74, 6) is -0.252. The molecule has 0 saturated heterocycles. The maximum absolute atomic E-state index is 13.7. The van der Waals surface area contributed by atoms with Crippen LogP contribution in [0.5, 0.6) is 5.75 Å². The fraction of sp³-hybridized carbons (Fsp3) is 0.0769. The molecule has 0 heterocycles. The smallest absolute Gasteiger partial charge is 0.157 e. The zero-order valence-corrected chi connectivity index (χ0v) is 11.9. The lowest BCUT2D eigenvalue weighted by molar-refractivity contribution is 0.300. The predicted octanol–water partition coefficient (Wildman–Crippen LogP) is 4.95. The zero-order chi connectivity index (χ0) is 14.0. The third-order valence-corrected chi connectivity index (χ3v) is 3.22. The SMILES string of the molecule is Nc1cccc(COc2c(Cl)cc(Cl)cc2Cl)c1F. The van der Waals surface area contributed by atoms with Crippen molar-refractivity contribution < 1.29 is 9.13 Å². The first-order valence-corrected chi connectivity index (χ1v) is 6.42. The Morgan fingerprint density at radius 1 is 1.11 bits per heavy atom. The highest BCUT2D eigenvalue weighted by Gasteiger charge is 2.11. The van der Waals surface area contributed by atoms with Crippen LogP contribution in [0.25, 0.3) is 0 Å². The van der Waals surface area contributed by atoms with E-state index in [0.29, 0.717) is 10.6 Å². The molecule has 0 atom stereocenters. The zero-order valence-electron chi connectivity index (χ0n) is 9.59. The third-order valence-electron chi connectivity index (χ3n) is 2.44. The summed E-state index contributed by atoms with van der Waals surface area (Å²) in [6.07, 6.45) is 0. The lowest BCUT2D eigenvalue weighted by atomic mass is 10.2. The highest BCUT2D eigenvalue weighted by molar-refractivity contribution is 6.40. The van der Waals surface area contributed by atoms with Gasteiger partial charge in [-0.3, -0.25) is 0 Å². The minimum Gasteiger partial charge on any atom is -0.486 e. The van der Waals surface area contributed by atoms with Crippen molar-refractivity contribution >= 4 is 40.5 Å². The van der Waals surface area contributed by atoms with Crippen LogP contribution in [0.15, 0.2) is 30.3 Å². The molecule has 0 bridgehead atoms. The van der Waals surface area contributed by atoms with Gasteiger partial charge in [-0.25, -0.2) is 4.39 Å². The Kier molecular flexibility index (Phi) is 4.40. The van der Waals surface area contributed by atoms with Crippen molar-refractivity contribution in [1.29, 1.82) is 0 Å². The van der Waals surface area contributed by atoms with Crippen LogP contribution in [-0.2, 0) is 6.61 Å². The number of hydrogen-bond donors (Lipinski definition) is 1. The van der Waals surface area contributed by atoms with Crippen LogP contribution in [0.3, 0.4) is 0 Å². The second-order valence-electron chi connectivity index (χ2n) is 3.81. The van der Waals surface area contributed by atoms with Crippen molar-refractivity contribution in [2.75, 3.05) is 5.73 Å². The average Bonchev–Trinajstić information content (AvgIpc) is 2.33. The summed E-state index contributed by atoms with van der Waals surface area (Å²) in [7, 11) is 0. The van der Waals surface area contributed by atoms with E-state index in [-0.39, 0.29) is 28.1 Å². The average molecular weight is 321 g/mol. The highest BCUT2D eigenvalue weighted by Crippen LogP contribution is 2.36. The van der Waals surface area contributed by atoms with Gasteiger partial charge in [0.2, 0.25) is 0 Å². The number of anilines is 1. The fourth-order valence-corrected chi connectivity index (χ4v) is 2.45. The van der Waals surface area contributed by atoms with Gasteiger partial charge in [0.05, 0.1) is 15.7 Å². The molecule has 19 heavy (non-hydrogen) atoms. The molecule has 6 heteroatoms. The highest BCUT2D eigenvalue weighted by atomic mass is 35.5. The molecule has 2 N–H and O–H groups in total. The molecular formula is C13H9Cl3FNO. The quantitative estimate of drug-likeness (QED) is 0.812. The van der Waals surface area contributed by atoms with Gasteiger partial charge in [0.15, 0.2) is 11.6 Å². The Morgan fingerprint density at radius 2 is 1.74 bits per heavy atom. The van der Waals surface area contributed by atoms with Crippen LogP contribution in [0.2, 0.25) is 15.1 Å². The van der Waals surface area contributed by atoms with Crippen LogP contribution in [0.4, 0.5) is 10.1 Å². The van der Waals surface area contributed by atoms with Crippen LogP contribution in [0, 0.1) is 5.82 Å². The maximum atomic E-state index is 13.7. The molecular weight excluding hydrogens is 312 g/mol. The van der Waals surface area contributed by atoms with E-state index in [1.807, 2.05) is 0 Å². The summed E-state index contributed by atoms with van der Waals surface area (Å²) in [6.45, 7) is -0.0298. The molecule has 0 amide bonds. The minimum atomic E-state index is -0.510. The predicted molar refractivity (Wildman–Crippen MR) is 76.6 cm³/mol. The normalized spacial score (nSPS) is 10.5. The van der Waals surface area contributed by atoms with E-state index in [9.17, 15) is 4.39 Å². The molecule has 0 spiro atoms. The lowest BCUT2D eigenvalue weighted by Crippen LogP contribution is -2.02. The lowest BCUT2D eigenvalue weighted by Gasteiger charge is -2.11. The number of rotatable bonds is 3. The summed E-state index contributed by atoms with van der Waals surface area (Å²) in [6, 6.07) is 7.69. The van der Waals surface area contributed by atoms with Gasteiger partial charge in [-0.1, -0.05) is 46.9 Å². The van der Waals surface area contributed by atoms with Crippen molar-refractivity contribution in [1.82, 2.24) is 0 Å². The van der Waals surface area contributed by atoms with Crippen molar-refractivity contribution in [2.45, 2.75) is 6.61 Å². The molecule has 2 aromatic carbocycles. The van der Waals surface area contributed by atoms with Crippen LogP contribution >= 0.6 is 34.8 Å². The van der Waals surface area contributed by atoms with Gasteiger partial charge in [0, 0.05) is 10.6 Å². The van der Waals surface area contributed by atoms with Gasteiger partial charge in [0.1, 0.15) is 6.61 Å². The second-order valence-corrected chi connectivity index (χ2v) is 5.06. The number of halogens is 4. The summed E-state index contributed by atoms with van der Waals surface area (Å²) in [4.78, 5) is 0. The number of nitrogen functional groups attached to an aromatic ring is 1. The monoisotopic (exact) mass is 319 g/mol. The third kappa shape index (κ3) is 3.24. The van der Waals surface area contributed by atoms with E-state index in [1.165, 1.54) is 18.2 Å². The van der Waals surface area contributed by atoms with Crippen LogP contribution in [0.1, 0.15) is 5.56 Å². The molecule has 2 rings (SSSR count). The Bertz CT molecular complexity index is 596. The van der Waals surface area contributed by atoms with Crippen molar-refractivity contribution in [3.05, 3.63) is 56.8 Å². The summed E-state index contributed by atoms with van der Waals surface area (Å²) < 4.78 is 19.1. The molecule has 2 nitrogen and oxygen atoms in total. The number of nitrogens with two attached hydrogens (primary N) is 1. The Labute approximate surface area is 124 Å². The van der Waals surface area contributed by atoms with Crippen molar-refractivity contribution in [3.8, 4) is 5.75 Å². The van der Waals surface area contributed by atoms with E-state index in [1.54, 1.807) is 12.1 Å². The van der Waals surface area contributed by atoms with Gasteiger partial charge < -0.3 is 10.5 Å². The van der Waals surface area contributed by atoms with Crippen molar-refractivity contribution in [2.24, 2.45) is 0 Å². The molecule has 0 radical (unpaired) electrons. The van der Waals surface area contributed by atoms with E-state index in [2.05, 4.69) is 0 Å². The first-order chi connectivity index (χ1) is 8.99. The van der Waals surface area contributed by atoms with Crippen LogP contribution < -0.4 is 10.5 Å². The largest absolute Gasteiger partial charge is 0.486 e. The molecule has 2 aromatic rings. The van der Waals surface area contributed by atoms with E-state index in [4.69, 9.17) is 45.3 Å². The van der Waals surface area contributed by atoms with Gasteiger partial charge in [-0.05, 0) is 18.2 Å².